The van der Waals surface area contributed by atoms with E-state index in [2.05, 4.69) is 5.32 Å². The third-order valence-electron chi connectivity index (χ3n) is 4.41. The molecule has 5 heteroatoms. The van der Waals surface area contributed by atoms with Gasteiger partial charge in [0.25, 0.3) is 5.91 Å². The molecule has 1 aliphatic rings. The Labute approximate surface area is 140 Å². The lowest BCUT2D eigenvalue weighted by molar-refractivity contribution is -0.136. The predicted octanol–water partition coefficient (Wildman–Crippen LogP) is 3.40. The first-order chi connectivity index (χ1) is 11.5. The lowest BCUT2D eigenvalue weighted by Gasteiger charge is -2.19. The van der Waals surface area contributed by atoms with E-state index in [0.29, 0.717) is 17.0 Å². The number of nitrogens with one attached hydrogen (secondary N) is 1. The number of carboxylic acids is 1. The minimum absolute atomic E-state index is 0.0509. The van der Waals surface area contributed by atoms with Crippen LogP contribution in [0.3, 0.4) is 0 Å². The molecule has 0 radical (unpaired) electrons. The lowest BCUT2D eigenvalue weighted by atomic mass is 10.00. The smallest absolute Gasteiger partial charge is 0.311 e. The van der Waals surface area contributed by atoms with Gasteiger partial charge in [-0.1, -0.05) is 29.8 Å². The van der Waals surface area contributed by atoms with Gasteiger partial charge in [-0.05, 0) is 38.2 Å². The SMILES string of the molecule is Cc1ccc(C(NC(=O)c2c(C)coc2CC(=O)O)C2CC2)cc1. The fourth-order valence-electron chi connectivity index (χ4n) is 2.96. The molecule has 2 N–H and O–H groups in total. The average molecular weight is 327 g/mol. The summed E-state index contributed by atoms with van der Waals surface area (Å²) in [5.41, 5.74) is 3.25. The number of furan rings is 1. The van der Waals surface area contributed by atoms with E-state index in [4.69, 9.17) is 9.52 Å². The summed E-state index contributed by atoms with van der Waals surface area (Å²) in [6, 6.07) is 8.11. The Morgan fingerprint density at radius 3 is 2.50 bits per heavy atom. The van der Waals surface area contributed by atoms with Gasteiger partial charge in [-0.15, -0.1) is 0 Å². The first-order valence-electron chi connectivity index (χ1n) is 8.12. The normalized spacial score (nSPS) is 15.1. The molecule has 1 unspecified atom stereocenters. The van der Waals surface area contributed by atoms with Crippen LogP contribution in [0.1, 0.15) is 51.7 Å². The van der Waals surface area contributed by atoms with Gasteiger partial charge in [0, 0.05) is 5.56 Å². The summed E-state index contributed by atoms with van der Waals surface area (Å²) < 4.78 is 5.26. The number of rotatable bonds is 6. The van der Waals surface area contributed by atoms with Crippen LogP contribution < -0.4 is 5.32 Å². The number of carboxylic acid groups (broad SMARTS) is 1. The molecule has 126 valence electrons. The van der Waals surface area contributed by atoms with Crippen LogP contribution in [0, 0.1) is 19.8 Å². The Bertz CT molecular complexity index is 756. The molecular weight excluding hydrogens is 306 g/mol. The van der Waals surface area contributed by atoms with E-state index in [1.54, 1.807) is 6.92 Å². The van der Waals surface area contributed by atoms with Crippen LogP contribution in [0.5, 0.6) is 0 Å². The molecule has 1 heterocycles. The van der Waals surface area contributed by atoms with Crippen molar-refractivity contribution >= 4 is 11.9 Å². The van der Waals surface area contributed by atoms with Gasteiger partial charge in [0.1, 0.15) is 12.2 Å². The Morgan fingerprint density at radius 2 is 1.92 bits per heavy atom. The fourth-order valence-corrected chi connectivity index (χ4v) is 2.96. The Balaban J connectivity index is 1.83. The van der Waals surface area contributed by atoms with Crippen LogP contribution in [0.15, 0.2) is 34.9 Å². The maximum absolute atomic E-state index is 12.7. The molecule has 2 aromatic rings. The highest BCUT2D eigenvalue weighted by Crippen LogP contribution is 2.41. The summed E-state index contributed by atoms with van der Waals surface area (Å²) in [4.78, 5) is 23.7. The molecule has 1 amide bonds. The Kier molecular flexibility index (Phi) is 4.42. The molecule has 1 fully saturated rings. The zero-order chi connectivity index (χ0) is 17.3. The molecular formula is C19H21NO4. The third-order valence-corrected chi connectivity index (χ3v) is 4.41. The monoisotopic (exact) mass is 327 g/mol. The van der Waals surface area contributed by atoms with Crippen LogP contribution in [0.4, 0.5) is 0 Å². The molecule has 5 nitrogen and oxygen atoms in total. The molecule has 24 heavy (non-hydrogen) atoms. The van der Waals surface area contributed by atoms with Crippen LogP contribution in [0.25, 0.3) is 0 Å². The molecule has 1 atom stereocenters. The third kappa shape index (κ3) is 3.50. The van der Waals surface area contributed by atoms with E-state index < -0.39 is 5.97 Å². The molecule has 1 aromatic carbocycles. The summed E-state index contributed by atoms with van der Waals surface area (Å²) in [7, 11) is 0. The maximum atomic E-state index is 12.7. The number of hydrogen-bond acceptors (Lipinski definition) is 3. The Morgan fingerprint density at radius 1 is 1.25 bits per heavy atom. The minimum atomic E-state index is -1.02. The van der Waals surface area contributed by atoms with Crippen molar-refractivity contribution in [2.24, 2.45) is 5.92 Å². The number of aryl methyl sites for hydroxylation is 2. The van der Waals surface area contributed by atoms with E-state index in [-0.39, 0.29) is 24.1 Å². The van der Waals surface area contributed by atoms with Gasteiger partial charge in [-0.25, -0.2) is 0 Å². The molecule has 0 saturated heterocycles. The second-order valence-corrected chi connectivity index (χ2v) is 6.49. The maximum Gasteiger partial charge on any atom is 0.311 e. The van der Waals surface area contributed by atoms with Crippen molar-refractivity contribution in [1.82, 2.24) is 5.32 Å². The first kappa shape index (κ1) is 16.3. The number of amides is 1. The number of carbonyl (C=O) groups excluding carboxylic acids is 1. The summed E-state index contributed by atoms with van der Waals surface area (Å²) in [5, 5.41) is 12.1. The largest absolute Gasteiger partial charge is 0.481 e. The fraction of sp³-hybridized carbons (Fsp3) is 0.368. The first-order valence-corrected chi connectivity index (χ1v) is 8.12. The second kappa shape index (κ2) is 6.51. The highest BCUT2D eigenvalue weighted by atomic mass is 16.4. The topological polar surface area (TPSA) is 79.5 Å². The lowest BCUT2D eigenvalue weighted by Crippen LogP contribution is -2.31. The Hall–Kier alpha value is -2.56. The molecule has 1 aromatic heterocycles. The quantitative estimate of drug-likeness (QED) is 0.852. The zero-order valence-corrected chi connectivity index (χ0v) is 13.8. The van der Waals surface area contributed by atoms with Gasteiger partial charge in [0.15, 0.2) is 0 Å². The average Bonchev–Trinajstić information content (AvgIpc) is 3.30. The van der Waals surface area contributed by atoms with Crippen molar-refractivity contribution in [1.29, 1.82) is 0 Å². The van der Waals surface area contributed by atoms with E-state index in [9.17, 15) is 9.59 Å². The van der Waals surface area contributed by atoms with E-state index in [1.165, 1.54) is 11.8 Å². The van der Waals surface area contributed by atoms with Gasteiger partial charge in [-0.3, -0.25) is 9.59 Å². The van der Waals surface area contributed by atoms with Crippen molar-refractivity contribution in [2.45, 2.75) is 39.2 Å². The van der Waals surface area contributed by atoms with Gasteiger partial charge in [0.2, 0.25) is 0 Å². The van der Waals surface area contributed by atoms with E-state index >= 15 is 0 Å². The summed E-state index contributed by atoms with van der Waals surface area (Å²) >= 11 is 0. The predicted molar refractivity (Wildman–Crippen MR) is 88.9 cm³/mol. The van der Waals surface area contributed by atoms with Crippen LogP contribution >= 0.6 is 0 Å². The standard InChI is InChI=1S/C19H21NO4/c1-11-3-5-13(6-4-11)18(14-7-8-14)20-19(23)17-12(2)10-24-15(17)9-16(21)22/h3-6,10,14,18H,7-9H2,1-2H3,(H,20,23)(H,21,22). The molecule has 0 aliphatic heterocycles. The molecule has 1 aliphatic carbocycles. The van der Waals surface area contributed by atoms with Gasteiger partial charge in [-0.2, -0.15) is 0 Å². The molecule has 1 saturated carbocycles. The molecule has 3 rings (SSSR count). The van der Waals surface area contributed by atoms with Gasteiger partial charge < -0.3 is 14.8 Å². The van der Waals surface area contributed by atoms with Crippen LogP contribution in [-0.2, 0) is 11.2 Å². The van der Waals surface area contributed by atoms with Crippen molar-refractivity contribution in [2.75, 3.05) is 0 Å². The van der Waals surface area contributed by atoms with Gasteiger partial charge in [0.05, 0.1) is 17.9 Å². The van der Waals surface area contributed by atoms with E-state index in [1.807, 2.05) is 31.2 Å². The highest BCUT2D eigenvalue weighted by Gasteiger charge is 2.34. The van der Waals surface area contributed by atoms with Crippen molar-refractivity contribution in [3.8, 4) is 0 Å². The molecule has 0 spiro atoms. The number of aliphatic carboxylic acids is 1. The number of benzene rings is 1. The van der Waals surface area contributed by atoms with Crippen LogP contribution in [0.2, 0.25) is 0 Å². The number of hydrogen-bond donors (Lipinski definition) is 2. The van der Waals surface area contributed by atoms with E-state index in [0.717, 1.165) is 18.4 Å². The molecule has 0 bridgehead atoms. The minimum Gasteiger partial charge on any atom is -0.481 e. The van der Waals surface area contributed by atoms with Crippen LogP contribution in [-0.4, -0.2) is 17.0 Å². The zero-order valence-electron chi connectivity index (χ0n) is 13.8. The van der Waals surface area contributed by atoms with Gasteiger partial charge >= 0.3 is 5.97 Å². The van der Waals surface area contributed by atoms with Crippen molar-refractivity contribution < 1.29 is 19.1 Å². The summed E-state index contributed by atoms with van der Waals surface area (Å²) in [5.74, 6) is -0.645. The second-order valence-electron chi connectivity index (χ2n) is 6.49. The highest BCUT2D eigenvalue weighted by molar-refractivity contribution is 5.97. The van der Waals surface area contributed by atoms with Crippen molar-refractivity contribution in [3.63, 3.8) is 0 Å². The number of carbonyl (C=O) groups is 2. The van der Waals surface area contributed by atoms with Crippen molar-refractivity contribution in [3.05, 3.63) is 58.5 Å². The summed E-state index contributed by atoms with van der Waals surface area (Å²) in [6.07, 6.45) is 3.32. The summed E-state index contributed by atoms with van der Waals surface area (Å²) in [6.45, 7) is 3.78.